The number of aryl methyl sites for hydroxylation is 1. The zero-order valence-electron chi connectivity index (χ0n) is 14.2. The molecule has 0 bridgehead atoms. The minimum absolute atomic E-state index is 0.138. The van der Waals surface area contributed by atoms with Crippen molar-refractivity contribution >= 4 is 28.4 Å². The highest BCUT2D eigenvalue weighted by atomic mass is 19.1. The van der Waals surface area contributed by atoms with Gasteiger partial charge in [0.25, 0.3) is 0 Å². The van der Waals surface area contributed by atoms with E-state index in [1.165, 1.54) is 32.6 Å². The van der Waals surface area contributed by atoms with Crippen molar-refractivity contribution in [1.82, 2.24) is 9.47 Å². The van der Waals surface area contributed by atoms with E-state index in [-0.39, 0.29) is 16.8 Å². The summed E-state index contributed by atoms with van der Waals surface area (Å²) in [4.78, 5) is 26.2. The first kappa shape index (κ1) is 17.5. The van der Waals surface area contributed by atoms with Gasteiger partial charge in [-0.1, -0.05) is 0 Å². The second-order valence-corrected chi connectivity index (χ2v) is 5.43. The van der Waals surface area contributed by atoms with Gasteiger partial charge in [-0.15, -0.1) is 0 Å². The third-order valence-electron chi connectivity index (χ3n) is 3.60. The summed E-state index contributed by atoms with van der Waals surface area (Å²) in [6.07, 6.45) is 1.53. The maximum absolute atomic E-state index is 13.8. The molecule has 0 aliphatic heterocycles. The van der Waals surface area contributed by atoms with Gasteiger partial charge in [-0.2, -0.15) is 0 Å². The Bertz CT molecular complexity index is 837. The number of esters is 2. The van der Waals surface area contributed by atoms with Crippen molar-refractivity contribution in [1.29, 1.82) is 0 Å². The van der Waals surface area contributed by atoms with E-state index < -0.39 is 17.8 Å². The Morgan fingerprint density at radius 3 is 2.42 bits per heavy atom. The number of fused-ring (bicyclic) bond motifs is 1. The maximum atomic E-state index is 13.8. The highest BCUT2D eigenvalue weighted by Gasteiger charge is 2.28. The minimum Gasteiger partial charge on any atom is -0.465 e. The Morgan fingerprint density at radius 1 is 1.21 bits per heavy atom. The molecule has 0 saturated heterocycles. The molecule has 0 saturated carbocycles. The van der Waals surface area contributed by atoms with Crippen molar-refractivity contribution in [2.45, 2.75) is 0 Å². The molecule has 0 spiro atoms. The Kier molecular flexibility index (Phi) is 4.92. The third kappa shape index (κ3) is 2.97. The van der Waals surface area contributed by atoms with Gasteiger partial charge in [0.05, 0.1) is 19.8 Å². The molecule has 0 atom stereocenters. The molecule has 0 amide bonds. The van der Waals surface area contributed by atoms with Crippen LogP contribution < -0.4 is 0 Å². The summed E-state index contributed by atoms with van der Waals surface area (Å²) in [7, 11) is 7.60. The molecule has 0 radical (unpaired) electrons. The number of aromatic nitrogens is 1. The lowest BCUT2D eigenvalue weighted by molar-refractivity contribution is -0.133. The van der Waals surface area contributed by atoms with Crippen LogP contribution in [0, 0.1) is 5.82 Å². The molecule has 2 aromatic rings. The van der Waals surface area contributed by atoms with E-state index >= 15 is 0 Å². The van der Waals surface area contributed by atoms with Gasteiger partial charge in [-0.3, -0.25) is 0 Å². The van der Waals surface area contributed by atoms with Crippen LogP contribution in [0.1, 0.15) is 16.1 Å². The molecule has 128 valence electrons. The van der Waals surface area contributed by atoms with E-state index in [4.69, 9.17) is 9.47 Å². The molecule has 1 aromatic heterocycles. The first-order valence-corrected chi connectivity index (χ1v) is 7.15. The summed E-state index contributed by atoms with van der Waals surface area (Å²) in [6, 6.07) is 4.12. The number of nitrogens with zero attached hydrogens (tertiary/aromatic N) is 2. The van der Waals surface area contributed by atoms with Crippen LogP contribution in [0.25, 0.3) is 16.5 Å². The first-order chi connectivity index (χ1) is 11.3. The summed E-state index contributed by atoms with van der Waals surface area (Å²) in [6.45, 7) is 0. The lowest BCUT2D eigenvalue weighted by Gasteiger charge is -2.12. The Balaban J connectivity index is 2.95. The van der Waals surface area contributed by atoms with Gasteiger partial charge in [-0.05, 0) is 18.2 Å². The van der Waals surface area contributed by atoms with E-state index in [2.05, 4.69) is 0 Å². The molecule has 2 rings (SSSR count). The highest BCUT2D eigenvalue weighted by molar-refractivity contribution is 6.23. The van der Waals surface area contributed by atoms with E-state index in [0.717, 1.165) is 0 Å². The van der Waals surface area contributed by atoms with Crippen LogP contribution in [-0.4, -0.2) is 49.7 Å². The molecule has 0 unspecified atom stereocenters. The van der Waals surface area contributed by atoms with Gasteiger partial charge in [0.15, 0.2) is 0 Å². The lowest BCUT2D eigenvalue weighted by atomic mass is 10.0. The summed E-state index contributed by atoms with van der Waals surface area (Å²) in [5.74, 6) is -1.73. The molecular formula is C17H19FN2O4. The fourth-order valence-electron chi connectivity index (χ4n) is 2.61. The predicted molar refractivity (Wildman–Crippen MR) is 87.9 cm³/mol. The van der Waals surface area contributed by atoms with Crippen LogP contribution in [0.4, 0.5) is 4.39 Å². The molecule has 7 heteroatoms. The molecule has 0 aliphatic carbocycles. The topological polar surface area (TPSA) is 60.8 Å². The van der Waals surface area contributed by atoms with Gasteiger partial charge >= 0.3 is 11.9 Å². The fraction of sp³-hybridized carbons (Fsp3) is 0.294. The normalized spacial score (nSPS) is 11.5. The quantitative estimate of drug-likeness (QED) is 0.633. The Labute approximate surface area is 139 Å². The molecule has 0 fully saturated rings. The molecule has 0 aliphatic rings. The average molecular weight is 334 g/mol. The largest absolute Gasteiger partial charge is 0.465 e. The maximum Gasteiger partial charge on any atom is 0.355 e. The minimum atomic E-state index is -0.634. The van der Waals surface area contributed by atoms with Crippen LogP contribution in [0.5, 0.6) is 0 Å². The number of methoxy groups -OCH3 is 2. The predicted octanol–water partition coefficient (Wildman–Crippen LogP) is 2.18. The SMILES string of the molecule is COC(=O)/C(=C\N(C)C)c1c(C(=O)OC)n(C)c2ccc(F)cc12. The molecule has 6 nitrogen and oxygen atoms in total. The lowest BCUT2D eigenvalue weighted by Crippen LogP contribution is -2.15. The second-order valence-electron chi connectivity index (χ2n) is 5.43. The molecule has 0 N–H and O–H groups in total. The zero-order chi connectivity index (χ0) is 18.0. The van der Waals surface area contributed by atoms with Crippen LogP contribution in [0.3, 0.4) is 0 Å². The number of carbonyl (C=O) groups is 2. The van der Waals surface area contributed by atoms with E-state index in [0.29, 0.717) is 10.9 Å². The van der Waals surface area contributed by atoms with Gasteiger partial charge in [-0.25, -0.2) is 14.0 Å². The number of halogens is 1. The molecular weight excluding hydrogens is 315 g/mol. The molecule has 24 heavy (non-hydrogen) atoms. The number of hydrogen-bond acceptors (Lipinski definition) is 5. The first-order valence-electron chi connectivity index (χ1n) is 7.15. The van der Waals surface area contributed by atoms with E-state index in [1.807, 2.05) is 0 Å². The van der Waals surface area contributed by atoms with Crippen molar-refractivity contribution in [2.24, 2.45) is 7.05 Å². The number of benzene rings is 1. The van der Waals surface area contributed by atoms with Crippen molar-refractivity contribution in [3.63, 3.8) is 0 Å². The number of rotatable bonds is 4. The van der Waals surface area contributed by atoms with Crippen molar-refractivity contribution in [3.8, 4) is 0 Å². The van der Waals surface area contributed by atoms with Crippen LogP contribution in [0.2, 0.25) is 0 Å². The smallest absolute Gasteiger partial charge is 0.355 e. The van der Waals surface area contributed by atoms with Gasteiger partial charge < -0.3 is 18.9 Å². The van der Waals surface area contributed by atoms with Gasteiger partial charge in [0, 0.05) is 43.8 Å². The van der Waals surface area contributed by atoms with Gasteiger partial charge in [0.2, 0.25) is 0 Å². The Hall–Kier alpha value is -2.83. The summed E-state index contributed by atoms with van der Waals surface area (Å²) >= 11 is 0. The molecule has 1 heterocycles. The van der Waals surface area contributed by atoms with Crippen molar-refractivity contribution in [2.75, 3.05) is 28.3 Å². The van der Waals surface area contributed by atoms with E-state index in [1.54, 1.807) is 36.7 Å². The van der Waals surface area contributed by atoms with Crippen LogP contribution in [-0.2, 0) is 21.3 Å². The summed E-state index contributed by atoms with van der Waals surface area (Å²) in [5.41, 5.74) is 1.16. The monoisotopic (exact) mass is 334 g/mol. The Morgan fingerprint density at radius 2 is 1.88 bits per heavy atom. The molecule has 1 aromatic carbocycles. The number of ether oxygens (including phenoxy) is 2. The van der Waals surface area contributed by atoms with Crippen molar-refractivity contribution in [3.05, 3.63) is 41.5 Å². The fourth-order valence-corrected chi connectivity index (χ4v) is 2.61. The number of hydrogen-bond donors (Lipinski definition) is 0. The summed E-state index contributed by atoms with van der Waals surface area (Å²) in [5, 5.41) is 0.427. The van der Waals surface area contributed by atoms with E-state index in [9.17, 15) is 14.0 Å². The van der Waals surface area contributed by atoms with Gasteiger partial charge in [0.1, 0.15) is 11.5 Å². The highest BCUT2D eigenvalue weighted by Crippen LogP contribution is 2.33. The van der Waals surface area contributed by atoms with Crippen LogP contribution >= 0.6 is 0 Å². The van der Waals surface area contributed by atoms with Crippen LogP contribution in [0.15, 0.2) is 24.4 Å². The standard InChI is InChI=1S/C17H19FN2O4/c1-19(2)9-12(16(21)23-4)14-11-8-10(18)6-7-13(11)20(3)15(14)17(22)24-5/h6-9H,1-5H3/b12-9-. The summed E-state index contributed by atoms with van der Waals surface area (Å²) < 4.78 is 25.0. The third-order valence-corrected chi connectivity index (χ3v) is 3.60. The zero-order valence-corrected chi connectivity index (χ0v) is 14.2. The average Bonchev–Trinajstić information content (AvgIpc) is 2.83. The van der Waals surface area contributed by atoms with Crippen molar-refractivity contribution < 1.29 is 23.5 Å². The second kappa shape index (κ2) is 6.74. The number of carbonyl (C=O) groups excluding carboxylic acids is 2.